The zero-order valence-electron chi connectivity index (χ0n) is 12.0. The molecular weight excluding hydrogens is 258 g/mol. The van der Waals surface area contributed by atoms with E-state index in [1.165, 1.54) is 20.0 Å². The molecule has 0 amide bonds. The van der Waals surface area contributed by atoms with Crippen LogP contribution in [-0.2, 0) is 0 Å². The smallest absolute Gasteiger partial charge is 0.333 e. The third-order valence-electron chi connectivity index (χ3n) is 3.85. The molecule has 0 radical (unpaired) electrons. The van der Waals surface area contributed by atoms with Crippen molar-refractivity contribution in [3.8, 4) is 5.75 Å². The van der Waals surface area contributed by atoms with Crippen LogP contribution < -0.4 is 10.1 Å². The summed E-state index contributed by atoms with van der Waals surface area (Å²) in [4.78, 5) is 13.1. The van der Waals surface area contributed by atoms with E-state index in [4.69, 9.17) is 4.74 Å². The normalized spacial score (nSPS) is 19.6. The summed E-state index contributed by atoms with van der Waals surface area (Å²) < 4.78 is 5.07. The maximum atomic E-state index is 11.2. The number of piperidine rings is 1. The van der Waals surface area contributed by atoms with Crippen LogP contribution in [0.2, 0.25) is 0 Å². The van der Waals surface area contributed by atoms with Crippen LogP contribution in [-0.4, -0.2) is 43.1 Å². The van der Waals surface area contributed by atoms with Gasteiger partial charge in [0.15, 0.2) is 5.75 Å². The Labute approximate surface area is 118 Å². The minimum atomic E-state index is -0.397. The molecular formula is C14H21N3O3. The zero-order chi connectivity index (χ0) is 14.5. The van der Waals surface area contributed by atoms with Crippen molar-refractivity contribution in [2.45, 2.75) is 25.3 Å². The van der Waals surface area contributed by atoms with Gasteiger partial charge in [0.25, 0.3) is 0 Å². The Morgan fingerprint density at radius 3 is 2.95 bits per heavy atom. The van der Waals surface area contributed by atoms with Crippen LogP contribution in [0.15, 0.2) is 18.2 Å². The molecule has 20 heavy (non-hydrogen) atoms. The molecule has 0 spiro atoms. The highest BCUT2D eigenvalue weighted by atomic mass is 16.6. The molecule has 1 aliphatic heterocycles. The largest absolute Gasteiger partial charge is 0.490 e. The van der Waals surface area contributed by atoms with Crippen molar-refractivity contribution in [3.05, 3.63) is 28.3 Å². The summed E-state index contributed by atoms with van der Waals surface area (Å²) in [5.74, 6) is 0.289. The molecule has 0 bridgehead atoms. The number of nitrogens with zero attached hydrogens (tertiary/aromatic N) is 2. The molecule has 1 aromatic rings. The first-order chi connectivity index (χ1) is 9.63. The van der Waals surface area contributed by atoms with Gasteiger partial charge in [0, 0.05) is 12.6 Å². The number of nitro benzene ring substituents is 1. The summed E-state index contributed by atoms with van der Waals surface area (Å²) in [6.07, 6.45) is 3.57. The Bertz CT molecular complexity index is 479. The van der Waals surface area contributed by atoms with E-state index in [0.717, 1.165) is 13.0 Å². The van der Waals surface area contributed by atoms with Crippen molar-refractivity contribution in [1.82, 2.24) is 4.90 Å². The fourth-order valence-electron chi connectivity index (χ4n) is 2.65. The zero-order valence-corrected chi connectivity index (χ0v) is 12.0. The van der Waals surface area contributed by atoms with E-state index in [0.29, 0.717) is 18.3 Å². The molecule has 2 rings (SSSR count). The third-order valence-corrected chi connectivity index (χ3v) is 3.85. The van der Waals surface area contributed by atoms with Crippen LogP contribution in [0.5, 0.6) is 5.75 Å². The van der Waals surface area contributed by atoms with Crippen molar-refractivity contribution < 1.29 is 9.66 Å². The van der Waals surface area contributed by atoms with Gasteiger partial charge in [-0.2, -0.15) is 0 Å². The summed E-state index contributed by atoms with van der Waals surface area (Å²) in [6, 6.07) is 5.52. The van der Waals surface area contributed by atoms with Crippen LogP contribution in [0.4, 0.5) is 11.4 Å². The topological polar surface area (TPSA) is 67.6 Å². The van der Waals surface area contributed by atoms with Gasteiger partial charge in [-0.1, -0.05) is 12.5 Å². The molecule has 1 aromatic carbocycles. The number of rotatable bonds is 5. The second kappa shape index (κ2) is 6.56. The highest BCUT2D eigenvalue weighted by molar-refractivity contribution is 5.68. The number of para-hydroxylation sites is 1. The maximum absolute atomic E-state index is 11.2. The first-order valence-electron chi connectivity index (χ1n) is 6.89. The quantitative estimate of drug-likeness (QED) is 0.662. The molecule has 1 aliphatic rings. The summed E-state index contributed by atoms with van der Waals surface area (Å²) in [6.45, 7) is 1.80. The molecule has 1 fully saturated rings. The molecule has 1 unspecified atom stereocenters. The minimum Gasteiger partial charge on any atom is -0.490 e. The lowest BCUT2D eigenvalue weighted by Gasteiger charge is -2.32. The third kappa shape index (κ3) is 3.19. The summed E-state index contributed by atoms with van der Waals surface area (Å²) in [7, 11) is 3.55. The highest BCUT2D eigenvalue weighted by Gasteiger charge is 2.23. The van der Waals surface area contributed by atoms with Gasteiger partial charge in [0.2, 0.25) is 0 Å². The Morgan fingerprint density at radius 1 is 1.50 bits per heavy atom. The van der Waals surface area contributed by atoms with Crippen molar-refractivity contribution in [3.63, 3.8) is 0 Å². The lowest BCUT2D eigenvalue weighted by molar-refractivity contribution is -0.384. The minimum absolute atomic E-state index is 0.00784. The van der Waals surface area contributed by atoms with Gasteiger partial charge in [-0.15, -0.1) is 0 Å². The van der Waals surface area contributed by atoms with Gasteiger partial charge in [0.1, 0.15) is 5.69 Å². The Morgan fingerprint density at radius 2 is 2.30 bits per heavy atom. The fourth-order valence-corrected chi connectivity index (χ4v) is 2.65. The number of benzene rings is 1. The van der Waals surface area contributed by atoms with Gasteiger partial charge in [0.05, 0.1) is 12.0 Å². The average Bonchev–Trinajstić information content (AvgIpc) is 2.45. The van der Waals surface area contributed by atoms with Crippen LogP contribution in [0.1, 0.15) is 19.3 Å². The number of likely N-dealkylation sites (N-methyl/N-ethyl adjacent to an activating group) is 1. The predicted octanol–water partition coefficient (Wildman–Crippen LogP) is 2.50. The van der Waals surface area contributed by atoms with Gasteiger partial charge >= 0.3 is 5.69 Å². The molecule has 6 heteroatoms. The van der Waals surface area contributed by atoms with Gasteiger partial charge in [-0.25, -0.2) is 0 Å². The second-order valence-electron chi connectivity index (χ2n) is 5.12. The van der Waals surface area contributed by atoms with Gasteiger partial charge in [-0.3, -0.25) is 10.1 Å². The summed E-state index contributed by atoms with van der Waals surface area (Å²) in [5, 5.41) is 14.4. The number of nitrogens with one attached hydrogen (secondary N) is 1. The number of hydrogen-bond donors (Lipinski definition) is 1. The molecule has 0 aromatic heterocycles. The van der Waals surface area contributed by atoms with E-state index in [9.17, 15) is 10.1 Å². The van der Waals surface area contributed by atoms with Crippen LogP contribution in [0.3, 0.4) is 0 Å². The molecule has 110 valence electrons. The number of methoxy groups -OCH3 is 1. The second-order valence-corrected chi connectivity index (χ2v) is 5.12. The van der Waals surface area contributed by atoms with E-state index in [-0.39, 0.29) is 11.4 Å². The fraction of sp³-hybridized carbons (Fsp3) is 0.571. The van der Waals surface area contributed by atoms with Crippen LogP contribution in [0, 0.1) is 10.1 Å². The van der Waals surface area contributed by atoms with E-state index in [2.05, 4.69) is 17.3 Å². The molecule has 6 nitrogen and oxygen atoms in total. The van der Waals surface area contributed by atoms with E-state index < -0.39 is 4.92 Å². The molecule has 1 saturated heterocycles. The lowest BCUT2D eigenvalue weighted by atomic mass is 10.0. The molecule has 0 aliphatic carbocycles. The van der Waals surface area contributed by atoms with Crippen molar-refractivity contribution in [2.75, 3.05) is 32.6 Å². The Kier molecular flexibility index (Phi) is 4.79. The molecule has 1 atom stereocenters. The van der Waals surface area contributed by atoms with E-state index >= 15 is 0 Å². The maximum Gasteiger partial charge on any atom is 0.333 e. The average molecular weight is 279 g/mol. The van der Waals surface area contributed by atoms with Gasteiger partial charge in [-0.05, 0) is 38.6 Å². The van der Waals surface area contributed by atoms with Gasteiger partial charge < -0.3 is 15.0 Å². The number of hydrogen-bond acceptors (Lipinski definition) is 5. The highest BCUT2D eigenvalue weighted by Crippen LogP contribution is 2.34. The van der Waals surface area contributed by atoms with Crippen LogP contribution >= 0.6 is 0 Å². The summed E-state index contributed by atoms with van der Waals surface area (Å²) >= 11 is 0. The number of likely N-dealkylation sites (tertiary alicyclic amines) is 1. The predicted molar refractivity (Wildman–Crippen MR) is 78.4 cm³/mol. The van der Waals surface area contributed by atoms with Crippen molar-refractivity contribution in [2.24, 2.45) is 0 Å². The lowest BCUT2D eigenvalue weighted by Crippen LogP contribution is -2.40. The number of ether oxygens (including phenoxy) is 1. The first kappa shape index (κ1) is 14.6. The summed E-state index contributed by atoms with van der Waals surface area (Å²) in [5.41, 5.74) is 0.529. The molecule has 1 heterocycles. The Balaban J connectivity index is 2.10. The number of nitro groups is 1. The van der Waals surface area contributed by atoms with Crippen LogP contribution in [0.25, 0.3) is 0 Å². The standard InChI is InChI=1S/C14H21N3O3/c1-16-9-4-3-6-11(16)10-15-12-7-5-8-13(20-2)14(12)17(18)19/h5,7-8,11,15H,3-4,6,9-10H2,1-2H3. The van der Waals surface area contributed by atoms with E-state index in [1.54, 1.807) is 18.2 Å². The van der Waals surface area contributed by atoms with Crippen molar-refractivity contribution >= 4 is 11.4 Å². The molecule has 0 saturated carbocycles. The molecule has 1 N–H and O–H groups in total. The van der Waals surface area contributed by atoms with Crippen molar-refractivity contribution in [1.29, 1.82) is 0 Å². The number of anilines is 1. The Hall–Kier alpha value is -1.82. The monoisotopic (exact) mass is 279 g/mol. The SMILES string of the molecule is COc1cccc(NCC2CCCCN2C)c1[N+](=O)[O-]. The van der Waals surface area contributed by atoms with E-state index in [1.807, 2.05) is 0 Å². The first-order valence-corrected chi connectivity index (χ1v) is 6.89.